The minimum absolute atomic E-state index is 0.193. The molecule has 5 nitrogen and oxygen atoms in total. The average molecular weight is 274 g/mol. The standard InChI is InChI=1S/C15H18N2O3/c1-16-13(18)9-17(10-14(16)19)12-5-3-2-4-11(12)8-15(20)6-7-15/h2-5,20H,6-10H2,1H3. The number of anilines is 1. The fraction of sp³-hybridized carbons (Fsp3) is 0.467. The molecule has 0 aromatic heterocycles. The molecule has 1 saturated carbocycles. The third-order valence-corrected chi connectivity index (χ3v) is 4.08. The molecule has 20 heavy (non-hydrogen) atoms. The summed E-state index contributed by atoms with van der Waals surface area (Å²) in [6.07, 6.45) is 2.22. The maximum absolute atomic E-state index is 11.8. The zero-order chi connectivity index (χ0) is 14.3. The van der Waals surface area contributed by atoms with Crippen LogP contribution in [0.2, 0.25) is 0 Å². The van der Waals surface area contributed by atoms with E-state index in [0.29, 0.717) is 6.42 Å². The number of aliphatic hydroxyl groups is 1. The van der Waals surface area contributed by atoms with Gasteiger partial charge in [0.1, 0.15) is 0 Å². The van der Waals surface area contributed by atoms with Gasteiger partial charge in [0.05, 0.1) is 18.7 Å². The fourth-order valence-corrected chi connectivity index (χ4v) is 2.55. The van der Waals surface area contributed by atoms with Gasteiger partial charge in [0.25, 0.3) is 0 Å². The van der Waals surface area contributed by atoms with Gasteiger partial charge in [-0.25, -0.2) is 0 Å². The van der Waals surface area contributed by atoms with Crippen molar-refractivity contribution in [3.05, 3.63) is 29.8 Å². The number of piperazine rings is 1. The molecule has 0 bridgehead atoms. The lowest BCUT2D eigenvalue weighted by atomic mass is 10.0. The third kappa shape index (κ3) is 2.41. The Bertz CT molecular complexity index is 548. The van der Waals surface area contributed by atoms with Gasteiger partial charge in [-0.1, -0.05) is 18.2 Å². The Morgan fingerprint density at radius 2 is 1.75 bits per heavy atom. The molecule has 1 aromatic rings. The SMILES string of the molecule is CN1C(=O)CN(c2ccccc2CC2(O)CC2)CC1=O. The first-order chi connectivity index (χ1) is 9.48. The molecule has 1 aliphatic carbocycles. The van der Waals surface area contributed by atoms with Crippen molar-refractivity contribution in [2.24, 2.45) is 0 Å². The maximum atomic E-state index is 11.8. The maximum Gasteiger partial charge on any atom is 0.248 e. The van der Waals surface area contributed by atoms with Crippen LogP contribution in [0, 0.1) is 0 Å². The summed E-state index contributed by atoms with van der Waals surface area (Å²) in [6, 6.07) is 7.68. The molecule has 1 aromatic carbocycles. The molecule has 1 heterocycles. The summed E-state index contributed by atoms with van der Waals surface area (Å²) in [5.74, 6) is -0.387. The first-order valence-corrected chi connectivity index (χ1v) is 6.83. The molecule has 0 atom stereocenters. The van der Waals surface area contributed by atoms with Crippen LogP contribution >= 0.6 is 0 Å². The van der Waals surface area contributed by atoms with E-state index in [4.69, 9.17) is 0 Å². The molecule has 1 N–H and O–H groups in total. The summed E-state index contributed by atoms with van der Waals surface area (Å²) in [6.45, 7) is 0.412. The van der Waals surface area contributed by atoms with E-state index in [1.54, 1.807) is 4.90 Å². The number of nitrogens with zero attached hydrogens (tertiary/aromatic N) is 2. The number of carbonyl (C=O) groups excluding carboxylic acids is 2. The van der Waals surface area contributed by atoms with Gasteiger partial charge in [-0.2, -0.15) is 0 Å². The van der Waals surface area contributed by atoms with Crippen molar-refractivity contribution in [3.8, 4) is 0 Å². The number of hydrogen-bond donors (Lipinski definition) is 1. The van der Waals surface area contributed by atoms with Crippen LogP contribution < -0.4 is 4.90 Å². The van der Waals surface area contributed by atoms with Crippen molar-refractivity contribution >= 4 is 17.5 Å². The predicted octanol–water partition coefficient (Wildman–Crippen LogP) is 0.559. The van der Waals surface area contributed by atoms with E-state index in [0.717, 1.165) is 24.1 Å². The molecular formula is C15H18N2O3. The number of benzene rings is 1. The average Bonchev–Trinajstić information content (AvgIpc) is 3.13. The molecule has 5 heteroatoms. The van der Waals surface area contributed by atoms with Crippen molar-refractivity contribution in [3.63, 3.8) is 0 Å². The highest BCUT2D eigenvalue weighted by molar-refractivity contribution is 6.02. The summed E-state index contributed by atoms with van der Waals surface area (Å²) >= 11 is 0. The number of para-hydroxylation sites is 1. The summed E-state index contributed by atoms with van der Waals surface area (Å²) in [5, 5.41) is 10.1. The van der Waals surface area contributed by atoms with Crippen LogP contribution in [0.15, 0.2) is 24.3 Å². The van der Waals surface area contributed by atoms with E-state index in [9.17, 15) is 14.7 Å². The normalized spacial score (nSPS) is 21.3. The molecule has 1 saturated heterocycles. The van der Waals surface area contributed by atoms with E-state index in [1.807, 2.05) is 24.3 Å². The number of hydrogen-bond acceptors (Lipinski definition) is 4. The Morgan fingerprint density at radius 3 is 2.35 bits per heavy atom. The summed E-state index contributed by atoms with van der Waals surface area (Å²) in [7, 11) is 1.51. The van der Waals surface area contributed by atoms with E-state index in [2.05, 4.69) is 0 Å². The van der Waals surface area contributed by atoms with Crippen molar-refractivity contribution in [2.45, 2.75) is 24.9 Å². The Kier molecular flexibility index (Phi) is 3.01. The van der Waals surface area contributed by atoms with E-state index < -0.39 is 5.60 Å². The quantitative estimate of drug-likeness (QED) is 0.818. The Balaban J connectivity index is 1.86. The second-order valence-electron chi connectivity index (χ2n) is 5.73. The molecule has 1 aliphatic heterocycles. The predicted molar refractivity (Wildman–Crippen MR) is 74.3 cm³/mol. The van der Waals surface area contributed by atoms with E-state index in [1.165, 1.54) is 11.9 Å². The summed E-state index contributed by atoms with van der Waals surface area (Å²) < 4.78 is 0. The van der Waals surface area contributed by atoms with Crippen LogP contribution in [0.25, 0.3) is 0 Å². The Hall–Kier alpha value is -1.88. The summed E-state index contributed by atoms with van der Waals surface area (Å²) in [5.41, 5.74) is 1.29. The summed E-state index contributed by atoms with van der Waals surface area (Å²) in [4.78, 5) is 26.6. The number of likely N-dealkylation sites (N-methyl/N-ethyl adjacent to an activating group) is 1. The van der Waals surface area contributed by atoms with Gasteiger partial charge in [-0.15, -0.1) is 0 Å². The molecule has 106 valence electrons. The lowest BCUT2D eigenvalue weighted by Gasteiger charge is -2.33. The Morgan fingerprint density at radius 1 is 1.15 bits per heavy atom. The second kappa shape index (κ2) is 4.59. The highest BCUT2D eigenvalue weighted by Gasteiger charge is 2.41. The van der Waals surface area contributed by atoms with Gasteiger partial charge < -0.3 is 10.0 Å². The van der Waals surface area contributed by atoms with Crippen LogP contribution in [0.5, 0.6) is 0 Å². The van der Waals surface area contributed by atoms with Gasteiger partial charge in [-0.05, 0) is 24.5 Å². The van der Waals surface area contributed by atoms with E-state index >= 15 is 0 Å². The number of carbonyl (C=O) groups is 2. The first-order valence-electron chi connectivity index (χ1n) is 6.83. The van der Waals surface area contributed by atoms with Gasteiger partial charge in [0, 0.05) is 19.2 Å². The van der Waals surface area contributed by atoms with Gasteiger partial charge >= 0.3 is 0 Å². The minimum atomic E-state index is -0.587. The molecule has 0 spiro atoms. The molecule has 2 aliphatic rings. The van der Waals surface area contributed by atoms with Gasteiger partial charge in [0.2, 0.25) is 11.8 Å². The van der Waals surface area contributed by atoms with Crippen molar-refractivity contribution < 1.29 is 14.7 Å². The highest BCUT2D eigenvalue weighted by Crippen LogP contribution is 2.40. The number of imide groups is 1. The molecule has 0 radical (unpaired) electrons. The van der Waals surface area contributed by atoms with Crippen molar-refractivity contribution in [1.82, 2.24) is 4.90 Å². The lowest BCUT2D eigenvalue weighted by molar-refractivity contribution is -0.143. The monoisotopic (exact) mass is 274 g/mol. The van der Waals surface area contributed by atoms with E-state index in [-0.39, 0.29) is 24.9 Å². The molecule has 2 fully saturated rings. The largest absolute Gasteiger partial charge is 0.390 e. The first kappa shape index (κ1) is 13.1. The number of rotatable bonds is 3. The topological polar surface area (TPSA) is 60.9 Å². The molecular weight excluding hydrogens is 256 g/mol. The third-order valence-electron chi connectivity index (χ3n) is 4.08. The van der Waals surface area contributed by atoms with Gasteiger partial charge in [0.15, 0.2) is 0 Å². The zero-order valence-electron chi connectivity index (χ0n) is 11.5. The van der Waals surface area contributed by atoms with Gasteiger partial charge in [-0.3, -0.25) is 14.5 Å². The Labute approximate surface area is 117 Å². The molecule has 2 amide bonds. The lowest BCUT2D eigenvalue weighted by Crippen LogP contribution is -2.52. The van der Waals surface area contributed by atoms with Crippen LogP contribution in [-0.2, 0) is 16.0 Å². The zero-order valence-corrected chi connectivity index (χ0v) is 11.5. The molecule has 0 unspecified atom stereocenters. The highest BCUT2D eigenvalue weighted by atomic mass is 16.3. The van der Waals surface area contributed by atoms with Crippen molar-refractivity contribution in [1.29, 1.82) is 0 Å². The minimum Gasteiger partial charge on any atom is -0.390 e. The second-order valence-corrected chi connectivity index (χ2v) is 5.73. The van der Waals surface area contributed by atoms with Crippen LogP contribution in [0.3, 0.4) is 0 Å². The van der Waals surface area contributed by atoms with Crippen LogP contribution in [-0.4, -0.2) is 47.6 Å². The van der Waals surface area contributed by atoms with Crippen LogP contribution in [0.1, 0.15) is 18.4 Å². The fourth-order valence-electron chi connectivity index (χ4n) is 2.55. The number of amides is 2. The smallest absolute Gasteiger partial charge is 0.248 e. The molecule has 3 rings (SSSR count). The van der Waals surface area contributed by atoms with Crippen LogP contribution in [0.4, 0.5) is 5.69 Å². The van der Waals surface area contributed by atoms with Crippen molar-refractivity contribution in [2.75, 3.05) is 25.0 Å².